The Balaban J connectivity index is 3.09. The Kier molecular flexibility index (Phi) is 6.12. The third-order valence-electron chi connectivity index (χ3n) is 2.24. The van der Waals surface area contributed by atoms with E-state index in [1.807, 2.05) is 0 Å². The molecule has 0 aromatic heterocycles. The molecule has 0 saturated heterocycles. The predicted molar refractivity (Wildman–Crippen MR) is 74.2 cm³/mol. The van der Waals surface area contributed by atoms with Gasteiger partial charge in [0.2, 0.25) is 0 Å². The molecule has 0 aliphatic carbocycles. The predicted octanol–water partition coefficient (Wildman–Crippen LogP) is 4.22. The molecular weight excluding hydrogens is 296 g/mol. The van der Waals surface area contributed by atoms with Gasteiger partial charge in [-0.25, -0.2) is 0 Å². The van der Waals surface area contributed by atoms with Gasteiger partial charge in [-0.3, -0.25) is 4.57 Å². The molecule has 0 spiro atoms. The maximum Gasteiger partial charge on any atom is 0.351 e. The molecule has 0 saturated carbocycles. The maximum atomic E-state index is 12.5. The molecule has 0 heterocycles. The zero-order valence-corrected chi connectivity index (χ0v) is 12.6. The van der Waals surface area contributed by atoms with E-state index in [-0.39, 0.29) is 13.2 Å². The second-order valence-corrected chi connectivity index (χ2v) is 6.48. The molecule has 0 bridgehead atoms. The van der Waals surface area contributed by atoms with Crippen molar-refractivity contribution in [1.29, 1.82) is 0 Å². The van der Waals surface area contributed by atoms with Crippen molar-refractivity contribution >= 4 is 30.8 Å². The molecule has 7 heteroatoms. The molecule has 0 fully saturated rings. The number of benzene rings is 1. The van der Waals surface area contributed by atoms with Gasteiger partial charge < -0.3 is 14.8 Å². The van der Waals surface area contributed by atoms with Crippen molar-refractivity contribution in [1.82, 2.24) is 0 Å². The first kappa shape index (κ1) is 16.0. The van der Waals surface area contributed by atoms with Crippen LogP contribution in [0.15, 0.2) is 18.2 Å². The minimum Gasteiger partial charge on any atom is -0.314 e. The highest BCUT2D eigenvalue weighted by atomic mass is 35.5. The fraction of sp³-hybridized carbons (Fsp3) is 0.455. The quantitative estimate of drug-likeness (QED) is 0.799. The van der Waals surface area contributed by atoms with Gasteiger partial charge >= 0.3 is 7.60 Å². The molecule has 1 atom stereocenters. The molecule has 18 heavy (non-hydrogen) atoms. The molecule has 1 aromatic rings. The van der Waals surface area contributed by atoms with Crippen molar-refractivity contribution in [3.63, 3.8) is 0 Å². The van der Waals surface area contributed by atoms with Crippen LogP contribution in [0, 0.1) is 0 Å². The lowest BCUT2D eigenvalue weighted by Gasteiger charge is -2.24. The van der Waals surface area contributed by atoms with Crippen molar-refractivity contribution < 1.29 is 13.6 Å². The van der Waals surface area contributed by atoms with E-state index in [2.05, 4.69) is 0 Å². The summed E-state index contributed by atoms with van der Waals surface area (Å²) < 4.78 is 22.9. The highest BCUT2D eigenvalue weighted by Gasteiger charge is 2.35. The molecule has 2 N–H and O–H groups in total. The Bertz CT molecular complexity index is 446. The monoisotopic (exact) mass is 311 g/mol. The van der Waals surface area contributed by atoms with Crippen LogP contribution in [0.2, 0.25) is 10.0 Å². The lowest BCUT2D eigenvalue weighted by Crippen LogP contribution is -2.15. The Morgan fingerprint density at radius 1 is 1.28 bits per heavy atom. The molecule has 1 rings (SSSR count). The minimum atomic E-state index is -3.42. The highest BCUT2D eigenvalue weighted by molar-refractivity contribution is 7.54. The van der Waals surface area contributed by atoms with E-state index in [1.165, 1.54) is 0 Å². The van der Waals surface area contributed by atoms with Crippen LogP contribution in [0.4, 0.5) is 0 Å². The second-order valence-electron chi connectivity index (χ2n) is 3.49. The summed E-state index contributed by atoms with van der Waals surface area (Å²) in [5.41, 5.74) is 6.45. The molecule has 4 nitrogen and oxygen atoms in total. The molecule has 102 valence electrons. The minimum absolute atomic E-state index is 0.246. The normalized spacial score (nSPS) is 13.6. The first-order chi connectivity index (χ1) is 8.44. The van der Waals surface area contributed by atoms with E-state index in [4.69, 9.17) is 38.0 Å². The molecule has 1 aromatic carbocycles. The van der Waals surface area contributed by atoms with Gasteiger partial charge in [0.1, 0.15) is 5.78 Å². The number of rotatable bonds is 6. The summed E-state index contributed by atoms with van der Waals surface area (Å²) in [6.45, 7) is 3.94. The van der Waals surface area contributed by atoms with Crippen LogP contribution in [0.3, 0.4) is 0 Å². The van der Waals surface area contributed by atoms with Gasteiger partial charge in [0.05, 0.1) is 13.2 Å². The largest absolute Gasteiger partial charge is 0.351 e. The Hall–Kier alpha value is -0.0900. The van der Waals surface area contributed by atoms with E-state index in [0.29, 0.717) is 15.6 Å². The third-order valence-corrected chi connectivity index (χ3v) is 5.00. The topological polar surface area (TPSA) is 61.5 Å². The number of nitrogens with two attached hydrogens (primary N) is 1. The van der Waals surface area contributed by atoms with Gasteiger partial charge in [0, 0.05) is 10.0 Å². The lowest BCUT2D eigenvalue weighted by molar-refractivity contribution is 0.212. The van der Waals surface area contributed by atoms with Gasteiger partial charge in [-0.1, -0.05) is 29.3 Å². The fourth-order valence-corrected chi connectivity index (χ4v) is 3.75. The lowest BCUT2D eigenvalue weighted by atomic mass is 10.2. The van der Waals surface area contributed by atoms with Crippen LogP contribution in [0.5, 0.6) is 0 Å². The highest BCUT2D eigenvalue weighted by Crippen LogP contribution is 2.59. The third kappa shape index (κ3) is 3.70. The summed E-state index contributed by atoms with van der Waals surface area (Å²) in [6.07, 6.45) is 0. The fourth-order valence-electron chi connectivity index (χ4n) is 1.47. The second kappa shape index (κ2) is 6.90. The van der Waals surface area contributed by atoms with Crippen molar-refractivity contribution in [2.75, 3.05) is 13.2 Å². The summed E-state index contributed by atoms with van der Waals surface area (Å²) in [4.78, 5) is 0. The van der Waals surface area contributed by atoms with Crippen LogP contribution in [-0.4, -0.2) is 13.2 Å². The molecule has 0 radical (unpaired) electrons. The van der Waals surface area contributed by atoms with Crippen molar-refractivity contribution in [3.05, 3.63) is 33.8 Å². The van der Waals surface area contributed by atoms with Gasteiger partial charge in [0.25, 0.3) is 0 Å². The van der Waals surface area contributed by atoms with Crippen LogP contribution >= 0.6 is 30.8 Å². The summed E-state index contributed by atoms with van der Waals surface area (Å²) in [5.74, 6) is -0.929. The van der Waals surface area contributed by atoms with E-state index in [1.54, 1.807) is 32.0 Å². The maximum absolute atomic E-state index is 12.5. The van der Waals surface area contributed by atoms with Gasteiger partial charge in [0.15, 0.2) is 0 Å². The zero-order valence-electron chi connectivity index (χ0n) is 10.2. The van der Waals surface area contributed by atoms with E-state index in [9.17, 15) is 4.57 Å². The summed E-state index contributed by atoms with van der Waals surface area (Å²) in [6, 6.07) is 4.80. The number of halogens is 2. The summed E-state index contributed by atoms with van der Waals surface area (Å²) >= 11 is 11.8. The average molecular weight is 312 g/mol. The standard InChI is InChI=1S/C11H16Cl2NO3P/c1-3-16-18(15,17-4-2)11(14)9-6-5-8(12)7-10(9)13/h5-7,11H,3-4,14H2,1-2H3/t11-/m0/s1. The Morgan fingerprint density at radius 3 is 2.28 bits per heavy atom. The Labute approximate surface area is 117 Å². The number of hydrogen-bond donors (Lipinski definition) is 1. The van der Waals surface area contributed by atoms with Crippen LogP contribution in [0.1, 0.15) is 25.2 Å². The average Bonchev–Trinajstić information content (AvgIpc) is 2.29. The van der Waals surface area contributed by atoms with Gasteiger partial charge in [-0.05, 0) is 31.5 Å². The molecule has 0 amide bonds. The van der Waals surface area contributed by atoms with Gasteiger partial charge in [-0.2, -0.15) is 0 Å². The molecule has 0 aliphatic rings. The SMILES string of the molecule is CCOP(=O)(OCC)[C@H](N)c1ccc(Cl)cc1Cl. The molecule has 0 aliphatic heterocycles. The smallest absolute Gasteiger partial charge is 0.314 e. The van der Waals surface area contributed by atoms with Crippen molar-refractivity contribution in [3.8, 4) is 0 Å². The van der Waals surface area contributed by atoms with E-state index < -0.39 is 13.4 Å². The first-order valence-electron chi connectivity index (χ1n) is 5.54. The summed E-state index contributed by atoms with van der Waals surface area (Å²) in [5, 5.41) is 0.827. The number of hydrogen-bond acceptors (Lipinski definition) is 4. The zero-order chi connectivity index (χ0) is 13.8. The van der Waals surface area contributed by atoms with Crippen LogP contribution < -0.4 is 5.73 Å². The molecule has 0 unspecified atom stereocenters. The van der Waals surface area contributed by atoms with Crippen LogP contribution in [0.25, 0.3) is 0 Å². The van der Waals surface area contributed by atoms with Gasteiger partial charge in [-0.15, -0.1) is 0 Å². The van der Waals surface area contributed by atoms with E-state index >= 15 is 0 Å². The van der Waals surface area contributed by atoms with E-state index in [0.717, 1.165) is 0 Å². The van der Waals surface area contributed by atoms with Crippen LogP contribution in [-0.2, 0) is 13.6 Å². The first-order valence-corrected chi connectivity index (χ1v) is 7.90. The van der Waals surface area contributed by atoms with Crippen molar-refractivity contribution in [2.24, 2.45) is 5.73 Å². The molecular formula is C11H16Cl2NO3P. The summed E-state index contributed by atoms with van der Waals surface area (Å²) in [7, 11) is -3.42. The van der Waals surface area contributed by atoms with Crippen molar-refractivity contribution in [2.45, 2.75) is 19.6 Å². The Morgan fingerprint density at radius 2 is 1.83 bits per heavy atom.